The molecule has 0 unspecified atom stereocenters. The summed E-state index contributed by atoms with van der Waals surface area (Å²) in [7, 11) is 0. The Morgan fingerprint density at radius 3 is 2.16 bits per heavy atom. The summed E-state index contributed by atoms with van der Waals surface area (Å²) in [5, 5.41) is 1.94. The van der Waals surface area contributed by atoms with E-state index >= 15 is 0 Å². The Hall–Kier alpha value is -4.26. The number of nitrogens with zero attached hydrogens (tertiary/aromatic N) is 1. The quantitative estimate of drug-likeness (QED) is 0.167. The van der Waals surface area contributed by atoms with Gasteiger partial charge in [0.2, 0.25) is 0 Å². The standard InChI is InChI=1S/C24H15NO6/c26-21(11-12-25-22(27)17-6-2-3-7-18(17)23(25)28)30-14-9-10-16-15-5-1-4-8-19(15)24(29)31-20(16)13-14/h1-10,13H,11-12H2. The van der Waals surface area contributed by atoms with Crippen molar-refractivity contribution in [2.75, 3.05) is 6.54 Å². The Bertz CT molecular complexity index is 1420. The Labute approximate surface area is 175 Å². The van der Waals surface area contributed by atoms with Crippen LogP contribution >= 0.6 is 0 Å². The second-order valence-corrected chi connectivity index (χ2v) is 7.12. The molecule has 0 saturated heterocycles. The first-order chi connectivity index (χ1) is 15.0. The van der Waals surface area contributed by atoms with Crippen LogP contribution in [0.25, 0.3) is 21.7 Å². The summed E-state index contributed by atoms with van der Waals surface area (Å²) in [5.41, 5.74) is 0.488. The third-order valence-electron chi connectivity index (χ3n) is 5.24. The zero-order valence-corrected chi connectivity index (χ0v) is 16.2. The summed E-state index contributed by atoms with van der Waals surface area (Å²) in [6.45, 7) is -0.0848. The third-order valence-corrected chi connectivity index (χ3v) is 5.24. The van der Waals surface area contributed by atoms with Crippen LogP contribution in [0.4, 0.5) is 0 Å². The van der Waals surface area contributed by atoms with Crippen molar-refractivity contribution >= 4 is 39.5 Å². The van der Waals surface area contributed by atoms with Gasteiger partial charge in [-0.3, -0.25) is 19.3 Å². The van der Waals surface area contributed by atoms with Gasteiger partial charge in [0.25, 0.3) is 11.8 Å². The van der Waals surface area contributed by atoms with Gasteiger partial charge in [0, 0.05) is 18.0 Å². The molecule has 0 saturated carbocycles. The van der Waals surface area contributed by atoms with Crippen LogP contribution in [0.5, 0.6) is 5.75 Å². The summed E-state index contributed by atoms with van der Waals surface area (Å²) in [6, 6.07) is 18.4. The molecule has 31 heavy (non-hydrogen) atoms. The lowest BCUT2D eigenvalue weighted by Crippen LogP contribution is -2.32. The average Bonchev–Trinajstić information content (AvgIpc) is 3.02. The maximum atomic E-state index is 12.4. The van der Waals surface area contributed by atoms with E-state index in [4.69, 9.17) is 9.15 Å². The summed E-state index contributed by atoms with van der Waals surface area (Å²) in [5.74, 6) is -1.25. The van der Waals surface area contributed by atoms with Crippen LogP contribution in [-0.2, 0) is 4.79 Å². The number of rotatable bonds is 4. The second kappa shape index (κ2) is 7.21. The largest absolute Gasteiger partial charge is 0.426 e. The first-order valence-electron chi connectivity index (χ1n) is 9.64. The molecule has 0 radical (unpaired) electrons. The zero-order chi connectivity index (χ0) is 21.5. The Morgan fingerprint density at radius 1 is 0.806 bits per heavy atom. The molecule has 7 nitrogen and oxygen atoms in total. The van der Waals surface area contributed by atoms with Gasteiger partial charge < -0.3 is 9.15 Å². The molecule has 1 aromatic heterocycles. The molecule has 0 N–H and O–H groups in total. The van der Waals surface area contributed by atoms with E-state index in [1.54, 1.807) is 48.5 Å². The molecule has 3 aromatic carbocycles. The van der Waals surface area contributed by atoms with Gasteiger partial charge in [-0.2, -0.15) is 0 Å². The van der Waals surface area contributed by atoms with Gasteiger partial charge in [-0.05, 0) is 35.7 Å². The van der Waals surface area contributed by atoms with E-state index in [9.17, 15) is 19.2 Å². The van der Waals surface area contributed by atoms with Crippen molar-refractivity contribution in [3.8, 4) is 5.75 Å². The van der Waals surface area contributed by atoms with E-state index in [-0.39, 0.29) is 18.7 Å². The normalized spacial score (nSPS) is 13.1. The number of hydrogen-bond acceptors (Lipinski definition) is 6. The van der Waals surface area contributed by atoms with Gasteiger partial charge in [-0.1, -0.05) is 30.3 Å². The van der Waals surface area contributed by atoms with Crippen LogP contribution in [-0.4, -0.2) is 29.2 Å². The number of hydrogen-bond donors (Lipinski definition) is 0. The van der Waals surface area contributed by atoms with E-state index in [0.29, 0.717) is 22.1 Å². The fourth-order valence-corrected chi connectivity index (χ4v) is 3.75. The van der Waals surface area contributed by atoms with Crippen molar-refractivity contribution in [3.05, 3.63) is 88.3 Å². The van der Waals surface area contributed by atoms with Gasteiger partial charge >= 0.3 is 11.6 Å². The summed E-state index contributed by atoms with van der Waals surface area (Å²) in [4.78, 5) is 50.3. The number of amides is 2. The highest BCUT2D eigenvalue weighted by Gasteiger charge is 2.35. The number of esters is 1. The molecule has 0 aliphatic carbocycles. The van der Waals surface area contributed by atoms with Crippen molar-refractivity contribution in [2.24, 2.45) is 0 Å². The number of benzene rings is 3. The van der Waals surface area contributed by atoms with E-state index in [0.717, 1.165) is 15.7 Å². The molecule has 5 rings (SSSR count). The molecule has 1 aliphatic rings. The third kappa shape index (κ3) is 3.16. The molecule has 0 spiro atoms. The lowest BCUT2D eigenvalue weighted by molar-refractivity contribution is -0.134. The summed E-state index contributed by atoms with van der Waals surface area (Å²) in [6.07, 6.45) is -0.162. The molecule has 4 aromatic rings. The van der Waals surface area contributed by atoms with E-state index in [1.807, 2.05) is 12.1 Å². The van der Waals surface area contributed by atoms with Gasteiger partial charge in [-0.15, -0.1) is 0 Å². The number of imide groups is 1. The van der Waals surface area contributed by atoms with Crippen LogP contribution in [0.3, 0.4) is 0 Å². The van der Waals surface area contributed by atoms with Crippen LogP contribution < -0.4 is 10.4 Å². The van der Waals surface area contributed by atoms with Crippen molar-refractivity contribution in [2.45, 2.75) is 6.42 Å². The number of carbonyl (C=O) groups excluding carboxylic acids is 3. The Kier molecular flexibility index (Phi) is 4.36. The Morgan fingerprint density at radius 2 is 1.45 bits per heavy atom. The summed E-state index contributed by atoms with van der Waals surface area (Å²) >= 11 is 0. The number of fused-ring (bicyclic) bond motifs is 4. The van der Waals surface area contributed by atoms with Crippen LogP contribution in [0.2, 0.25) is 0 Å². The van der Waals surface area contributed by atoms with Crippen molar-refractivity contribution in [3.63, 3.8) is 0 Å². The highest BCUT2D eigenvalue weighted by molar-refractivity contribution is 6.21. The fourth-order valence-electron chi connectivity index (χ4n) is 3.75. The lowest BCUT2D eigenvalue weighted by Gasteiger charge is -2.13. The van der Waals surface area contributed by atoms with Crippen LogP contribution in [0, 0.1) is 0 Å². The van der Waals surface area contributed by atoms with Gasteiger partial charge in [0.05, 0.1) is 22.9 Å². The minimum atomic E-state index is -0.612. The Balaban J connectivity index is 1.32. The molecule has 1 aliphatic heterocycles. The van der Waals surface area contributed by atoms with E-state index < -0.39 is 23.4 Å². The average molecular weight is 413 g/mol. The van der Waals surface area contributed by atoms with Gasteiger partial charge in [0.15, 0.2) is 0 Å². The number of ether oxygens (including phenoxy) is 1. The summed E-state index contributed by atoms with van der Waals surface area (Å²) < 4.78 is 10.7. The minimum absolute atomic E-state index is 0.0848. The molecule has 7 heteroatoms. The van der Waals surface area contributed by atoms with Crippen molar-refractivity contribution in [1.29, 1.82) is 0 Å². The molecular formula is C24H15NO6. The van der Waals surface area contributed by atoms with Crippen molar-refractivity contribution in [1.82, 2.24) is 4.90 Å². The molecule has 0 bridgehead atoms. The lowest BCUT2D eigenvalue weighted by atomic mass is 10.1. The van der Waals surface area contributed by atoms with Crippen molar-refractivity contribution < 1.29 is 23.5 Å². The smallest absolute Gasteiger partial charge is 0.344 e. The zero-order valence-electron chi connectivity index (χ0n) is 16.2. The highest BCUT2D eigenvalue weighted by Crippen LogP contribution is 2.27. The van der Waals surface area contributed by atoms with Crippen LogP contribution in [0.1, 0.15) is 27.1 Å². The topological polar surface area (TPSA) is 93.9 Å². The van der Waals surface area contributed by atoms with E-state index in [1.165, 1.54) is 6.07 Å². The molecular weight excluding hydrogens is 398 g/mol. The van der Waals surface area contributed by atoms with Gasteiger partial charge in [-0.25, -0.2) is 4.79 Å². The molecule has 2 heterocycles. The molecule has 0 atom stereocenters. The molecule has 152 valence electrons. The monoisotopic (exact) mass is 413 g/mol. The SMILES string of the molecule is O=C(CCN1C(=O)c2ccccc2C1=O)Oc1ccc2c(c1)oc(=O)c1ccccc12. The maximum Gasteiger partial charge on any atom is 0.344 e. The molecule has 0 fully saturated rings. The predicted molar refractivity (Wildman–Crippen MR) is 112 cm³/mol. The second-order valence-electron chi connectivity index (χ2n) is 7.12. The first kappa shape index (κ1) is 18.7. The fraction of sp³-hybridized carbons (Fsp3) is 0.0833. The first-order valence-corrected chi connectivity index (χ1v) is 9.64. The highest BCUT2D eigenvalue weighted by atomic mass is 16.5. The minimum Gasteiger partial charge on any atom is -0.426 e. The maximum absolute atomic E-state index is 12.4. The number of carbonyl (C=O) groups is 3. The molecule has 2 amide bonds. The van der Waals surface area contributed by atoms with Crippen LogP contribution in [0.15, 0.2) is 75.9 Å². The van der Waals surface area contributed by atoms with Gasteiger partial charge in [0.1, 0.15) is 11.3 Å². The van der Waals surface area contributed by atoms with E-state index in [2.05, 4.69) is 0 Å². The predicted octanol–water partition coefficient (Wildman–Crippen LogP) is 3.54.